The van der Waals surface area contributed by atoms with Crippen molar-refractivity contribution >= 4 is 41.5 Å². The Bertz CT molecular complexity index is 590. The van der Waals surface area contributed by atoms with Crippen molar-refractivity contribution in [1.29, 1.82) is 0 Å². The molecule has 2 aliphatic heterocycles. The minimum Gasteiger partial charge on any atom is -0.336 e. The summed E-state index contributed by atoms with van der Waals surface area (Å²) in [5.41, 5.74) is 1.10. The van der Waals surface area contributed by atoms with Crippen molar-refractivity contribution in [3.63, 3.8) is 0 Å². The zero-order valence-electron chi connectivity index (χ0n) is 14.6. The summed E-state index contributed by atoms with van der Waals surface area (Å²) in [5.74, 6) is 1.33. The van der Waals surface area contributed by atoms with Gasteiger partial charge in [-0.2, -0.15) is 0 Å². The van der Waals surface area contributed by atoms with E-state index in [4.69, 9.17) is 23.2 Å². The van der Waals surface area contributed by atoms with Crippen molar-refractivity contribution in [1.82, 2.24) is 10.2 Å². The molecule has 140 valence electrons. The molecule has 3 nitrogen and oxygen atoms in total. The van der Waals surface area contributed by atoms with Gasteiger partial charge in [-0.05, 0) is 68.3 Å². The van der Waals surface area contributed by atoms with Crippen molar-refractivity contribution in [2.45, 2.75) is 45.1 Å². The third kappa shape index (κ3) is 5.03. The molecular formula is C19H27Cl3N2O. The normalized spacial score (nSPS) is 24.7. The van der Waals surface area contributed by atoms with Crippen LogP contribution in [0.5, 0.6) is 0 Å². The van der Waals surface area contributed by atoms with Gasteiger partial charge in [-0.1, -0.05) is 36.2 Å². The van der Waals surface area contributed by atoms with E-state index >= 15 is 0 Å². The van der Waals surface area contributed by atoms with Crippen LogP contribution >= 0.6 is 35.6 Å². The zero-order chi connectivity index (χ0) is 17.1. The minimum absolute atomic E-state index is 0. The third-order valence-corrected chi connectivity index (χ3v) is 6.28. The molecule has 2 fully saturated rings. The Labute approximate surface area is 166 Å². The van der Waals surface area contributed by atoms with Crippen LogP contribution in [0.2, 0.25) is 10.0 Å². The summed E-state index contributed by atoms with van der Waals surface area (Å²) in [6.45, 7) is 5.23. The molecule has 1 N–H and O–H groups in total. The van der Waals surface area contributed by atoms with E-state index in [0.717, 1.165) is 38.0 Å². The lowest BCUT2D eigenvalue weighted by molar-refractivity contribution is -0.133. The number of hydrogen-bond donors (Lipinski definition) is 1. The molecule has 0 aromatic heterocycles. The van der Waals surface area contributed by atoms with Crippen molar-refractivity contribution in [3.05, 3.63) is 33.8 Å². The van der Waals surface area contributed by atoms with Crippen LogP contribution in [0.3, 0.4) is 0 Å². The summed E-state index contributed by atoms with van der Waals surface area (Å²) in [6.07, 6.45) is 5.15. The quantitative estimate of drug-likeness (QED) is 0.755. The third-order valence-electron chi connectivity index (χ3n) is 5.54. The van der Waals surface area contributed by atoms with Crippen molar-refractivity contribution in [3.8, 4) is 0 Å². The first kappa shape index (κ1) is 20.8. The average molecular weight is 406 g/mol. The van der Waals surface area contributed by atoms with Gasteiger partial charge in [0.25, 0.3) is 0 Å². The van der Waals surface area contributed by atoms with Gasteiger partial charge in [-0.15, -0.1) is 12.4 Å². The summed E-state index contributed by atoms with van der Waals surface area (Å²) < 4.78 is 0. The highest BCUT2D eigenvalue weighted by molar-refractivity contribution is 6.42. The van der Waals surface area contributed by atoms with E-state index in [1.807, 2.05) is 23.1 Å². The number of carbonyl (C=O) groups is 1. The molecule has 3 atom stereocenters. The molecular weight excluding hydrogens is 379 g/mol. The second-order valence-corrected chi connectivity index (χ2v) is 8.02. The molecule has 0 spiro atoms. The number of nitrogens with one attached hydrogen (secondary N) is 1. The van der Waals surface area contributed by atoms with Crippen molar-refractivity contribution in [2.75, 3.05) is 19.6 Å². The van der Waals surface area contributed by atoms with E-state index in [1.165, 1.54) is 12.8 Å². The van der Waals surface area contributed by atoms with Gasteiger partial charge in [0.15, 0.2) is 0 Å². The summed E-state index contributed by atoms with van der Waals surface area (Å²) in [7, 11) is 0. The molecule has 3 rings (SSSR count). The van der Waals surface area contributed by atoms with Crippen molar-refractivity contribution < 1.29 is 4.79 Å². The van der Waals surface area contributed by atoms with Gasteiger partial charge in [0.05, 0.1) is 16.1 Å². The van der Waals surface area contributed by atoms with Crippen LogP contribution in [0.25, 0.3) is 0 Å². The van der Waals surface area contributed by atoms with Gasteiger partial charge in [0.2, 0.25) is 5.91 Å². The molecule has 0 saturated carbocycles. The number of piperidine rings is 1. The van der Waals surface area contributed by atoms with E-state index < -0.39 is 0 Å². The second-order valence-electron chi connectivity index (χ2n) is 7.21. The van der Waals surface area contributed by atoms with E-state index in [0.29, 0.717) is 28.3 Å². The number of hydrogen-bond acceptors (Lipinski definition) is 2. The number of halogens is 3. The topological polar surface area (TPSA) is 32.3 Å². The number of likely N-dealkylation sites (tertiary alicyclic amines) is 1. The molecule has 0 radical (unpaired) electrons. The Morgan fingerprint density at radius 3 is 2.76 bits per heavy atom. The van der Waals surface area contributed by atoms with Crippen LogP contribution in [0, 0.1) is 11.8 Å². The Kier molecular flexibility index (Phi) is 7.88. The molecule has 0 aliphatic carbocycles. The maximum absolute atomic E-state index is 12.9. The highest BCUT2D eigenvalue weighted by Crippen LogP contribution is 2.36. The molecule has 1 amide bonds. The van der Waals surface area contributed by atoms with Crippen molar-refractivity contribution in [2.24, 2.45) is 11.8 Å². The van der Waals surface area contributed by atoms with Crippen LogP contribution in [0.1, 0.15) is 50.6 Å². The van der Waals surface area contributed by atoms with Gasteiger partial charge >= 0.3 is 0 Å². The predicted octanol–water partition coefficient (Wildman–Crippen LogP) is 5.10. The summed E-state index contributed by atoms with van der Waals surface area (Å²) in [6, 6.07) is 5.88. The monoisotopic (exact) mass is 404 g/mol. The van der Waals surface area contributed by atoms with Crippen LogP contribution in [0.15, 0.2) is 18.2 Å². The molecule has 3 unspecified atom stereocenters. The lowest BCUT2D eigenvalue weighted by Gasteiger charge is -2.31. The molecule has 25 heavy (non-hydrogen) atoms. The van der Waals surface area contributed by atoms with E-state index in [1.54, 1.807) is 0 Å². The standard InChI is InChI=1S/C19H26Cl2N2O.ClH/c1-13(15-4-2-8-22-12-15)10-19(24)23-9-3-5-18(23)14-6-7-16(20)17(21)11-14;/h6-7,11,13,15,18,22H,2-5,8-10,12H2,1H3;1H. The molecule has 1 aromatic rings. The molecule has 6 heteroatoms. The average Bonchev–Trinajstić information content (AvgIpc) is 3.08. The first-order chi connectivity index (χ1) is 11.6. The fraction of sp³-hybridized carbons (Fsp3) is 0.632. The first-order valence-electron chi connectivity index (χ1n) is 9.01. The highest BCUT2D eigenvalue weighted by Gasteiger charge is 2.32. The maximum Gasteiger partial charge on any atom is 0.223 e. The molecule has 0 bridgehead atoms. The SMILES string of the molecule is CC(CC(=O)N1CCCC1c1ccc(Cl)c(Cl)c1)C1CCCNC1.Cl. The number of rotatable bonds is 4. The fourth-order valence-corrected chi connectivity index (χ4v) is 4.36. The molecule has 2 heterocycles. The van der Waals surface area contributed by atoms with Crippen LogP contribution in [-0.4, -0.2) is 30.4 Å². The lowest BCUT2D eigenvalue weighted by Crippen LogP contribution is -2.37. The van der Waals surface area contributed by atoms with Gasteiger partial charge in [0, 0.05) is 13.0 Å². The zero-order valence-corrected chi connectivity index (χ0v) is 17.0. The summed E-state index contributed by atoms with van der Waals surface area (Å²) >= 11 is 12.2. The maximum atomic E-state index is 12.9. The minimum atomic E-state index is 0. The van der Waals surface area contributed by atoms with E-state index in [-0.39, 0.29) is 24.4 Å². The van der Waals surface area contributed by atoms with Crippen LogP contribution < -0.4 is 5.32 Å². The Balaban J connectivity index is 0.00000225. The summed E-state index contributed by atoms with van der Waals surface area (Å²) in [4.78, 5) is 14.9. The van der Waals surface area contributed by atoms with E-state index in [2.05, 4.69) is 12.2 Å². The number of benzene rings is 1. The van der Waals surface area contributed by atoms with Gasteiger partial charge in [-0.3, -0.25) is 4.79 Å². The van der Waals surface area contributed by atoms with Gasteiger partial charge in [-0.25, -0.2) is 0 Å². The first-order valence-corrected chi connectivity index (χ1v) is 9.77. The Hall–Kier alpha value is -0.480. The van der Waals surface area contributed by atoms with Gasteiger partial charge < -0.3 is 10.2 Å². The van der Waals surface area contributed by atoms with E-state index in [9.17, 15) is 4.79 Å². The fourth-order valence-electron chi connectivity index (χ4n) is 4.06. The smallest absolute Gasteiger partial charge is 0.223 e. The Morgan fingerprint density at radius 2 is 2.08 bits per heavy atom. The van der Waals surface area contributed by atoms with Crippen LogP contribution in [-0.2, 0) is 4.79 Å². The molecule has 2 aliphatic rings. The molecule has 1 aromatic carbocycles. The van der Waals surface area contributed by atoms with Crippen LogP contribution in [0.4, 0.5) is 0 Å². The lowest BCUT2D eigenvalue weighted by atomic mass is 9.85. The van der Waals surface area contributed by atoms with Gasteiger partial charge in [0.1, 0.15) is 0 Å². The molecule has 2 saturated heterocycles. The summed E-state index contributed by atoms with van der Waals surface area (Å²) in [5, 5.41) is 4.58. The number of amides is 1. The highest BCUT2D eigenvalue weighted by atomic mass is 35.5. The number of nitrogens with zero attached hydrogens (tertiary/aromatic N) is 1. The Morgan fingerprint density at radius 1 is 1.28 bits per heavy atom. The predicted molar refractivity (Wildman–Crippen MR) is 107 cm³/mol. The number of carbonyl (C=O) groups excluding carboxylic acids is 1. The second kappa shape index (κ2) is 9.45. The largest absolute Gasteiger partial charge is 0.336 e.